The van der Waals surface area contributed by atoms with Gasteiger partial charge in [0.05, 0.1) is 0 Å². The van der Waals surface area contributed by atoms with Gasteiger partial charge in [0.1, 0.15) is 11.6 Å². The van der Waals surface area contributed by atoms with Crippen LogP contribution in [0.25, 0.3) is 0 Å². The molecule has 5 nitrogen and oxygen atoms in total. The zero-order valence-corrected chi connectivity index (χ0v) is 11.3. The fourth-order valence-corrected chi connectivity index (χ4v) is 2.44. The van der Waals surface area contributed by atoms with E-state index < -0.39 is 0 Å². The average Bonchev–Trinajstić information content (AvgIpc) is 2.28. The van der Waals surface area contributed by atoms with Gasteiger partial charge in [0.15, 0.2) is 0 Å². The molecular weight excluding hydrogens is 226 g/mol. The summed E-state index contributed by atoms with van der Waals surface area (Å²) in [6.45, 7) is 6.10. The number of hydrogen-bond acceptors (Lipinski definition) is 5. The second kappa shape index (κ2) is 5.42. The number of nitrogens with one attached hydrogen (secondary N) is 2. The first-order valence-corrected chi connectivity index (χ1v) is 6.80. The molecule has 2 rings (SSSR count). The number of anilines is 3. The second-order valence-electron chi connectivity index (χ2n) is 5.09. The summed E-state index contributed by atoms with van der Waals surface area (Å²) in [6.07, 6.45) is 5.21. The Labute approximate surface area is 109 Å². The van der Waals surface area contributed by atoms with Gasteiger partial charge in [-0.05, 0) is 31.6 Å². The van der Waals surface area contributed by atoms with Gasteiger partial charge >= 0.3 is 0 Å². The standard InChI is InChI=1S/C13H23N5/c1-3-13(6-5-7-13)9-16-11-8-10(15-4-2)17-12(14)18-11/h8H,3-7,9H2,1-2H3,(H4,14,15,16,17,18). The molecule has 1 aliphatic carbocycles. The van der Waals surface area contributed by atoms with Crippen LogP contribution < -0.4 is 16.4 Å². The summed E-state index contributed by atoms with van der Waals surface area (Å²) in [6, 6.07) is 1.92. The Balaban J connectivity index is 2.00. The zero-order chi connectivity index (χ0) is 13.0. The van der Waals surface area contributed by atoms with Gasteiger partial charge in [-0.3, -0.25) is 0 Å². The van der Waals surface area contributed by atoms with Crippen molar-refractivity contribution in [1.29, 1.82) is 0 Å². The van der Waals surface area contributed by atoms with Gasteiger partial charge in [0, 0.05) is 19.2 Å². The third-order valence-electron chi connectivity index (χ3n) is 3.91. The van der Waals surface area contributed by atoms with Crippen LogP contribution >= 0.6 is 0 Å². The molecule has 100 valence electrons. The Morgan fingerprint density at radius 2 is 1.89 bits per heavy atom. The molecule has 0 unspecified atom stereocenters. The SMILES string of the molecule is CCNc1cc(NCC2(CC)CCC2)nc(N)n1. The number of aromatic nitrogens is 2. The Bertz CT molecular complexity index is 395. The molecule has 0 aromatic carbocycles. The van der Waals surface area contributed by atoms with E-state index in [0.717, 1.165) is 24.7 Å². The summed E-state index contributed by atoms with van der Waals surface area (Å²) >= 11 is 0. The van der Waals surface area contributed by atoms with E-state index in [1.807, 2.05) is 13.0 Å². The molecule has 0 spiro atoms. The highest BCUT2D eigenvalue weighted by molar-refractivity contribution is 5.51. The normalized spacial score (nSPS) is 17.0. The van der Waals surface area contributed by atoms with Gasteiger partial charge in [-0.25, -0.2) is 0 Å². The highest BCUT2D eigenvalue weighted by Gasteiger charge is 2.34. The Kier molecular flexibility index (Phi) is 3.89. The van der Waals surface area contributed by atoms with E-state index in [-0.39, 0.29) is 0 Å². The van der Waals surface area contributed by atoms with Gasteiger partial charge < -0.3 is 16.4 Å². The van der Waals surface area contributed by atoms with Crippen molar-refractivity contribution in [3.8, 4) is 0 Å². The van der Waals surface area contributed by atoms with Crippen LogP contribution in [-0.2, 0) is 0 Å². The summed E-state index contributed by atoms with van der Waals surface area (Å²) < 4.78 is 0. The lowest BCUT2D eigenvalue weighted by molar-refractivity contribution is 0.145. The highest BCUT2D eigenvalue weighted by Crippen LogP contribution is 2.43. The molecule has 4 N–H and O–H groups in total. The lowest BCUT2D eigenvalue weighted by Crippen LogP contribution is -2.36. The molecule has 0 amide bonds. The molecule has 1 aliphatic rings. The van der Waals surface area contributed by atoms with Crippen LogP contribution in [0.5, 0.6) is 0 Å². The molecule has 1 fully saturated rings. The number of nitrogens with two attached hydrogens (primary N) is 1. The molecule has 0 atom stereocenters. The van der Waals surface area contributed by atoms with Crippen molar-refractivity contribution >= 4 is 17.6 Å². The van der Waals surface area contributed by atoms with Crippen LogP contribution in [0.1, 0.15) is 39.5 Å². The van der Waals surface area contributed by atoms with E-state index in [9.17, 15) is 0 Å². The molecular formula is C13H23N5. The van der Waals surface area contributed by atoms with Crippen LogP contribution in [-0.4, -0.2) is 23.1 Å². The molecule has 5 heteroatoms. The fraction of sp³-hybridized carbons (Fsp3) is 0.692. The summed E-state index contributed by atoms with van der Waals surface area (Å²) in [5.41, 5.74) is 6.18. The Morgan fingerprint density at radius 3 is 2.39 bits per heavy atom. The van der Waals surface area contributed by atoms with Gasteiger partial charge in [0.2, 0.25) is 5.95 Å². The molecule has 0 aliphatic heterocycles. The van der Waals surface area contributed by atoms with Crippen LogP contribution in [0.3, 0.4) is 0 Å². The van der Waals surface area contributed by atoms with Crippen molar-refractivity contribution in [3.63, 3.8) is 0 Å². The summed E-state index contributed by atoms with van der Waals surface area (Å²) in [4.78, 5) is 8.37. The maximum atomic E-state index is 5.71. The average molecular weight is 249 g/mol. The number of hydrogen-bond donors (Lipinski definition) is 3. The first-order chi connectivity index (χ1) is 8.67. The Hall–Kier alpha value is -1.52. The van der Waals surface area contributed by atoms with Crippen LogP contribution in [0.2, 0.25) is 0 Å². The molecule has 1 aromatic rings. The molecule has 0 bridgehead atoms. The van der Waals surface area contributed by atoms with Crippen molar-refractivity contribution in [2.24, 2.45) is 5.41 Å². The van der Waals surface area contributed by atoms with E-state index in [2.05, 4.69) is 27.5 Å². The van der Waals surface area contributed by atoms with Gasteiger partial charge in [-0.15, -0.1) is 0 Å². The van der Waals surface area contributed by atoms with E-state index in [1.165, 1.54) is 25.7 Å². The minimum Gasteiger partial charge on any atom is -0.370 e. The maximum absolute atomic E-state index is 5.71. The monoisotopic (exact) mass is 249 g/mol. The maximum Gasteiger partial charge on any atom is 0.223 e. The largest absolute Gasteiger partial charge is 0.370 e. The highest BCUT2D eigenvalue weighted by atomic mass is 15.1. The molecule has 0 saturated heterocycles. The predicted molar refractivity (Wildman–Crippen MR) is 75.7 cm³/mol. The summed E-state index contributed by atoms with van der Waals surface area (Å²) in [7, 11) is 0. The zero-order valence-electron chi connectivity index (χ0n) is 11.3. The second-order valence-corrected chi connectivity index (χ2v) is 5.09. The van der Waals surface area contributed by atoms with Crippen LogP contribution in [0.15, 0.2) is 6.07 Å². The van der Waals surface area contributed by atoms with Crippen molar-refractivity contribution in [1.82, 2.24) is 9.97 Å². The quantitative estimate of drug-likeness (QED) is 0.722. The lowest BCUT2D eigenvalue weighted by atomic mass is 9.67. The summed E-state index contributed by atoms with van der Waals surface area (Å²) in [5, 5.41) is 6.56. The third kappa shape index (κ3) is 2.83. The van der Waals surface area contributed by atoms with E-state index in [4.69, 9.17) is 5.73 Å². The number of nitrogens with zero attached hydrogens (tertiary/aromatic N) is 2. The predicted octanol–water partition coefficient (Wildman–Crippen LogP) is 2.48. The van der Waals surface area contributed by atoms with Crippen molar-refractivity contribution < 1.29 is 0 Å². The Morgan fingerprint density at radius 1 is 1.22 bits per heavy atom. The minimum absolute atomic E-state index is 0.315. The first-order valence-electron chi connectivity index (χ1n) is 6.80. The van der Waals surface area contributed by atoms with Crippen LogP contribution in [0.4, 0.5) is 17.6 Å². The van der Waals surface area contributed by atoms with Gasteiger partial charge in [-0.1, -0.05) is 13.3 Å². The van der Waals surface area contributed by atoms with E-state index >= 15 is 0 Å². The summed E-state index contributed by atoms with van der Waals surface area (Å²) in [5.74, 6) is 1.92. The minimum atomic E-state index is 0.315. The third-order valence-corrected chi connectivity index (χ3v) is 3.91. The van der Waals surface area contributed by atoms with E-state index in [0.29, 0.717) is 11.4 Å². The smallest absolute Gasteiger partial charge is 0.223 e. The molecule has 1 heterocycles. The number of rotatable bonds is 6. The van der Waals surface area contributed by atoms with Gasteiger partial charge in [0.25, 0.3) is 0 Å². The van der Waals surface area contributed by atoms with Gasteiger partial charge in [-0.2, -0.15) is 9.97 Å². The molecule has 1 saturated carbocycles. The first kappa shape index (κ1) is 12.9. The molecule has 18 heavy (non-hydrogen) atoms. The number of nitrogen functional groups attached to an aromatic ring is 1. The van der Waals surface area contributed by atoms with E-state index in [1.54, 1.807) is 0 Å². The van der Waals surface area contributed by atoms with Crippen molar-refractivity contribution in [2.75, 3.05) is 29.5 Å². The molecule has 1 aromatic heterocycles. The van der Waals surface area contributed by atoms with Crippen molar-refractivity contribution in [3.05, 3.63) is 6.07 Å². The topological polar surface area (TPSA) is 75.9 Å². The lowest BCUT2D eigenvalue weighted by Gasteiger charge is -2.41. The molecule has 0 radical (unpaired) electrons. The van der Waals surface area contributed by atoms with Crippen molar-refractivity contribution in [2.45, 2.75) is 39.5 Å². The fourth-order valence-electron chi connectivity index (χ4n) is 2.44. The van der Waals surface area contributed by atoms with Crippen LogP contribution in [0, 0.1) is 5.41 Å².